The molecule has 3 heterocycles. The maximum atomic E-state index is 13.1. The van der Waals surface area contributed by atoms with Gasteiger partial charge in [0.05, 0.1) is 0 Å². The smallest absolute Gasteiger partial charge is 0.225 e. The lowest BCUT2D eigenvalue weighted by Crippen LogP contribution is -2.54. The molecule has 1 aromatic carbocycles. The van der Waals surface area contributed by atoms with E-state index < -0.39 is 0 Å². The average Bonchev–Trinajstić information content (AvgIpc) is 2.84. The Morgan fingerprint density at radius 3 is 2.23 bits per heavy atom. The molecule has 2 aromatic rings. The van der Waals surface area contributed by atoms with Crippen LogP contribution in [0.3, 0.4) is 0 Å². The molecule has 1 N–H and O–H groups in total. The summed E-state index contributed by atoms with van der Waals surface area (Å²) in [6.07, 6.45) is 3.57. The Morgan fingerprint density at radius 1 is 0.935 bits per heavy atom. The summed E-state index contributed by atoms with van der Waals surface area (Å²) in [5, 5.41) is 3.52. The van der Waals surface area contributed by atoms with E-state index in [0.717, 1.165) is 83.0 Å². The number of halogens is 1. The third-order valence-electron chi connectivity index (χ3n) is 5.90. The van der Waals surface area contributed by atoms with Crippen molar-refractivity contribution in [2.24, 2.45) is 4.99 Å². The summed E-state index contributed by atoms with van der Waals surface area (Å²) in [6, 6.07) is 8.63. The van der Waals surface area contributed by atoms with E-state index in [2.05, 4.69) is 39.9 Å². The SMILES string of the molecule is CN=C(NCCN1CCN(c2ccc(F)cc2)CC1)N1CCN(c2ncccn2)CC1. The molecule has 2 fully saturated rings. The average molecular weight is 427 g/mol. The Hall–Kier alpha value is -2.94. The fourth-order valence-electron chi connectivity index (χ4n) is 4.11. The number of nitrogens with zero attached hydrogens (tertiary/aromatic N) is 7. The van der Waals surface area contributed by atoms with Crippen molar-refractivity contribution in [3.8, 4) is 0 Å². The van der Waals surface area contributed by atoms with Gasteiger partial charge in [-0.05, 0) is 30.3 Å². The van der Waals surface area contributed by atoms with E-state index in [4.69, 9.17) is 0 Å². The summed E-state index contributed by atoms with van der Waals surface area (Å²) in [5.41, 5.74) is 1.10. The number of hydrogen-bond acceptors (Lipinski definition) is 6. The zero-order valence-corrected chi connectivity index (χ0v) is 18.1. The Bertz CT molecular complexity index is 828. The molecule has 0 unspecified atom stereocenters. The lowest BCUT2D eigenvalue weighted by atomic mass is 10.2. The molecule has 166 valence electrons. The summed E-state index contributed by atoms with van der Waals surface area (Å²) in [7, 11) is 1.84. The van der Waals surface area contributed by atoms with Gasteiger partial charge < -0.3 is 20.0 Å². The summed E-state index contributed by atoms with van der Waals surface area (Å²) in [4.78, 5) is 22.5. The van der Waals surface area contributed by atoms with Crippen LogP contribution in [0.4, 0.5) is 16.0 Å². The summed E-state index contributed by atoms with van der Waals surface area (Å²) >= 11 is 0. The summed E-state index contributed by atoms with van der Waals surface area (Å²) in [5.74, 6) is 1.57. The highest BCUT2D eigenvalue weighted by molar-refractivity contribution is 5.80. The second-order valence-electron chi connectivity index (χ2n) is 7.80. The van der Waals surface area contributed by atoms with Crippen molar-refractivity contribution in [3.05, 3.63) is 48.5 Å². The summed E-state index contributed by atoms with van der Waals surface area (Å²) < 4.78 is 13.1. The monoisotopic (exact) mass is 426 g/mol. The van der Waals surface area contributed by atoms with Crippen LogP contribution < -0.4 is 15.1 Å². The molecule has 0 saturated carbocycles. The topological polar surface area (TPSA) is 63.1 Å². The van der Waals surface area contributed by atoms with Crippen molar-refractivity contribution in [3.63, 3.8) is 0 Å². The van der Waals surface area contributed by atoms with Gasteiger partial charge in [-0.3, -0.25) is 9.89 Å². The van der Waals surface area contributed by atoms with Crippen LogP contribution in [0.25, 0.3) is 0 Å². The van der Waals surface area contributed by atoms with E-state index in [-0.39, 0.29) is 5.82 Å². The van der Waals surface area contributed by atoms with Crippen LogP contribution in [0, 0.1) is 5.82 Å². The molecule has 4 rings (SSSR count). The molecule has 0 bridgehead atoms. The van der Waals surface area contributed by atoms with Crippen molar-refractivity contribution < 1.29 is 4.39 Å². The van der Waals surface area contributed by atoms with Gasteiger partial charge in [0, 0.05) is 90.6 Å². The van der Waals surface area contributed by atoms with E-state index in [1.165, 1.54) is 12.1 Å². The lowest BCUT2D eigenvalue weighted by Gasteiger charge is -2.37. The van der Waals surface area contributed by atoms with E-state index >= 15 is 0 Å². The van der Waals surface area contributed by atoms with Crippen molar-refractivity contribution in [1.29, 1.82) is 0 Å². The number of benzene rings is 1. The number of aromatic nitrogens is 2. The number of guanidine groups is 1. The number of piperazine rings is 2. The highest BCUT2D eigenvalue weighted by atomic mass is 19.1. The van der Waals surface area contributed by atoms with Gasteiger partial charge in [-0.25, -0.2) is 14.4 Å². The molecule has 2 aliphatic rings. The molecule has 0 radical (unpaired) electrons. The molecule has 0 amide bonds. The van der Waals surface area contributed by atoms with Crippen LogP contribution in [0.5, 0.6) is 0 Å². The highest BCUT2D eigenvalue weighted by Gasteiger charge is 2.21. The van der Waals surface area contributed by atoms with Crippen LogP contribution in [0.1, 0.15) is 0 Å². The van der Waals surface area contributed by atoms with Gasteiger partial charge in [0.25, 0.3) is 0 Å². The number of nitrogens with one attached hydrogen (secondary N) is 1. The van der Waals surface area contributed by atoms with E-state index in [0.29, 0.717) is 0 Å². The number of anilines is 2. The van der Waals surface area contributed by atoms with E-state index in [9.17, 15) is 4.39 Å². The Morgan fingerprint density at radius 2 is 1.58 bits per heavy atom. The van der Waals surface area contributed by atoms with Gasteiger partial charge in [0.15, 0.2) is 5.96 Å². The molecule has 0 atom stereocenters. The lowest BCUT2D eigenvalue weighted by molar-refractivity contribution is 0.260. The van der Waals surface area contributed by atoms with Crippen LogP contribution in [-0.4, -0.2) is 98.2 Å². The first-order valence-electron chi connectivity index (χ1n) is 10.9. The number of hydrogen-bond donors (Lipinski definition) is 1. The molecule has 9 heteroatoms. The quantitative estimate of drug-likeness (QED) is 0.568. The molecular weight excluding hydrogens is 395 g/mol. The molecule has 8 nitrogen and oxygen atoms in total. The fraction of sp³-hybridized carbons (Fsp3) is 0.500. The zero-order valence-electron chi connectivity index (χ0n) is 18.1. The molecular formula is C22H31FN8. The van der Waals surface area contributed by atoms with Crippen LogP contribution >= 0.6 is 0 Å². The standard InChI is InChI=1S/C22H31FN8/c1-24-21(30-15-17-31(18-16-30)22-25-7-2-8-26-22)27-9-10-28-11-13-29(14-12-28)20-5-3-19(23)4-6-20/h2-8H,9-18H2,1H3,(H,24,27). The van der Waals surface area contributed by atoms with Gasteiger partial charge >= 0.3 is 0 Å². The molecule has 0 spiro atoms. The number of aliphatic imine (C=N–C) groups is 1. The molecule has 2 saturated heterocycles. The van der Waals surface area contributed by atoms with Gasteiger partial charge in [-0.2, -0.15) is 0 Å². The van der Waals surface area contributed by atoms with Gasteiger partial charge in [-0.1, -0.05) is 0 Å². The third-order valence-corrected chi connectivity index (χ3v) is 5.90. The fourth-order valence-corrected chi connectivity index (χ4v) is 4.11. The predicted octanol–water partition coefficient (Wildman–Crippen LogP) is 1.14. The first-order valence-corrected chi connectivity index (χ1v) is 10.9. The third kappa shape index (κ3) is 5.61. The molecule has 31 heavy (non-hydrogen) atoms. The number of rotatable bonds is 5. The van der Waals surface area contributed by atoms with Crippen molar-refractivity contribution >= 4 is 17.6 Å². The van der Waals surface area contributed by atoms with Crippen molar-refractivity contribution in [1.82, 2.24) is 25.1 Å². The first kappa shape index (κ1) is 21.3. The highest BCUT2D eigenvalue weighted by Crippen LogP contribution is 2.16. The maximum absolute atomic E-state index is 13.1. The van der Waals surface area contributed by atoms with E-state index in [1.807, 2.05) is 25.2 Å². The minimum absolute atomic E-state index is 0.184. The maximum Gasteiger partial charge on any atom is 0.225 e. The van der Waals surface area contributed by atoms with Crippen LogP contribution in [0.2, 0.25) is 0 Å². The van der Waals surface area contributed by atoms with Gasteiger partial charge in [0.2, 0.25) is 5.95 Å². The van der Waals surface area contributed by atoms with Crippen molar-refractivity contribution in [2.75, 3.05) is 82.3 Å². The Kier molecular flexibility index (Phi) is 7.14. The second kappa shape index (κ2) is 10.4. The second-order valence-corrected chi connectivity index (χ2v) is 7.80. The molecule has 2 aliphatic heterocycles. The predicted molar refractivity (Wildman–Crippen MR) is 122 cm³/mol. The Labute approximate surface area is 183 Å². The minimum atomic E-state index is -0.184. The van der Waals surface area contributed by atoms with Crippen LogP contribution in [0.15, 0.2) is 47.7 Å². The van der Waals surface area contributed by atoms with Gasteiger partial charge in [0.1, 0.15) is 5.82 Å². The summed E-state index contributed by atoms with van der Waals surface area (Å²) in [6.45, 7) is 9.35. The largest absolute Gasteiger partial charge is 0.369 e. The van der Waals surface area contributed by atoms with Crippen molar-refractivity contribution in [2.45, 2.75) is 0 Å². The molecule has 0 aliphatic carbocycles. The molecule has 1 aromatic heterocycles. The van der Waals surface area contributed by atoms with Gasteiger partial charge in [-0.15, -0.1) is 0 Å². The van der Waals surface area contributed by atoms with Crippen LogP contribution in [-0.2, 0) is 0 Å². The van der Waals surface area contributed by atoms with E-state index in [1.54, 1.807) is 12.4 Å². The normalized spacial score (nSPS) is 18.4. The zero-order chi connectivity index (χ0) is 21.5. The first-order chi connectivity index (χ1) is 15.2. The minimum Gasteiger partial charge on any atom is -0.369 e. The Balaban J connectivity index is 1.17.